The number of rotatable bonds is 5. The minimum Gasteiger partial charge on any atom is -0.444 e. The van der Waals surface area contributed by atoms with Gasteiger partial charge in [0, 0.05) is 25.6 Å². The first-order valence-electron chi connectivity index (χ1n) is 9.48. The van der Waals surface area contributed by atoms with E-state index in [4.69, 9.17) is 4.74 Å². The third kappa shape index (κ3) is 5.94. The van der Waals surface area contributed by atoms with Crippen molar-refractivity contribution in [1.82, 2.24) is 15.5 Å². The normalized spacial score (nSPS) is 22.9. The third-order valence-electron chi connectivity index (χ3n) is 4.66. The van der Waals surface area contributed by atoms with Gasteiger partial charge in [-0.15, -0.1) is 0 Å². The van der Waals surface area contributed by atoms with Crippen molar-refractivity contribution in [1.29, 1.82) is 0 Å². The van der Waals surface area contributed by atoms with Gasteiger partial charge in [0.25, 0.3) is 5.91 Å². The monoisotopic (exact) mass is 381 g/mol. The lowest BCUT2D eigenvalue weighted by molar-refractivity contribution is -0.153. The van der Waals surface area contributed by atoms with Crippen LogP contribution in [0.4, 0.5) is 4.79 Å². The molecule has 2 rings (SSSR count). The second-order valence-electron chi connectivity index (χ2n) is 9.25. The molecule has 0 radical (unpaired) electrons. The van der Waals surface area contributed by atoms with Gasteiger partial charge in [0.15, 0.2) is 0 Å². The lowest BCUT2D eigenvalue weighted by Crippen LogP contribution is -2.60. The van der Waals surface area contributed by atoms with Crippen LogP contribution < -0.4 is 10.6 Å². The van der Waals surface area contributed by atoms with Gasteiger partial charge in [-0.25, -0.2) is 4.79 Å². The number of alkyl carbamates (subject to hydrolysis) is 1. The predicted octanol–water partition coefficient (Wildman–Crippen LogP) is 1.23. The Kier molecular flexibility index (Phi) is 6.17. The molecule has 8 nitrogen and oxygen atoms in total. The van der Waals surface area contributed by atoms with Gasteiger partial charge in [0.2, 0.25) is 11.7 Å². The van der Waals surface area contributed by atoms with Gasteiger partial charge in [-0.2, -0.15) is 0 Å². The maximum atomic E-state index is 12.8. The number of ether oxygens (including phenoxy) is 1. The van der Waals surface area contributed by atoms with Crippen LogP contribution in [0.1, 0.15) is 53.9 Å². The Morgan fingerprint density at radius 3 is 2.44 bits per heavy atom. The lowest BCUT2D eigenvalue weighted by atomic mass is 9.83. The van der Waals surface area contributed by atoms with Crippen LogP contribution in [-0.2, 0) is 19.1 Å². The molecule has 152 valence electrons. The largest absolute Gasteiger partial charge is 0.444 e. The minimum atomic E-state index is -1.08. The summed E-state index contributed by atoms with van der Waals surface area (Å²) < 4.78 is 5.22. The molecule has 0 bridgehead atoms. The zero-order valence-electron chi connectivity index (χ0n) is 16.9. The Morgan fingerprint density at radius 2 is 1.93 bits per heavy atom. The van der Waals surface area contributed by atoms with E-state index in [2.05, 4.69) is 10.6 Å². The average Bonchev–Trinajstić information content (AvgIpc) is 2.50. The number of carbonyl (C=O) groups is 4. The molecule has 0 spiro atoms. The molecule has 27 heavy (non-hydrogen) atoms. The summed E-state index contributed by atoms with van der Waals surface area (Å²) in [6.07, 6.45) is 0.746. The van der Waals surface area contributed by atoms with Gasteiger partial charge in [-0.3, -0.25) is 14.4 Å². The minimum absolute atomic E-state index is 0.00666. The summed E-state index contributed by atoms with van der Waals surface area (Å²) in [6, 6.07) is -1.08. The molecular formula is C19H31N3O5. The highest BCUT2D eigenvalue weighted by Crippen LogP contribution is 2.29. The molecule has 3 amide bonds. The first-order chi connectivity index (χ1) is 12.4. The predicted molar refractivity (Wildman–Crippen MR) is 98.9 cm³/mol. The number of carbonyl (C=O) groups excluding carboxylic acids is 4. The van der Waals surface area contributed by atoms with Gasteiger partial charge in [-0.1, -0.05) is 13.8 Å². The van der Waals surface area contributed by atoms with E-state index >= 15 is 0 Å². The van der Waals surface area contributed by atoms with Crippen molar-refractivity contribution in [3.8, 4) is 0 Å². The first kappa shape index (κ1) is 21.2. The van der Waals surface area contributed by atoms with Crippen LogP contribution in [0.5, 0.6) is 0 Å². The fourth-order valence-electron chi connectivity index (χ4n) is 3.46. The van der Waals surface area contributed by atoms with Gasteiger partial charge < -0.3 is 20.3 Å². The summed E-state index contributed by atoms with van der Waals surface area (Å²) in [6.45, 7) is 10.8. The van der Waals surface area contributed by atoms with E-state index in [1.807, 2.05) is 13.8 Å². The number of hydrogen-bond acceptors (Lipinski definition) is 5. The number of hydrogen-bond donors (Lipinski definition) is 2. The number of Topliss-reactive ketones (excluding diaryl/α,β-unsaturated/α-hetero) is 1. The SMILES string of the molecule is CC1(C)CN(C(=O)C(=O)[C@H](C[C@@H]2CCCNC2=O)NC(=O)OC(C)(C)C)C1. The quantitative estimate of drug-likeness (QED) is 0.697. The van der Waals surface area contributed by atoms with E-state index in [9.17, 15) is 19.2 Å². The summed E-state index contributed by atoms with van der Waals surface area (Å²) >= 11 is 0. The maximum absolute atomic E-state index is 12.8. The molecular weight excluding hydrogens is 350 g/mol. The van der Waals surface area contributed by atoms with E-state index in [1.165, 1.54) is 4.90 Å². The maximum Gasteiger partial charge on any atom is 0.408 e. The van der Waals surface area contributed by atoms with Crippen molar-refractivity contribution < 1.29 is 23.9 Å². The van der Waals surface area contributed by atoms with E-state index < -0.39 is 35.3 Å². The number of nitrogens with zero attached hydrogens (tertiary/aromatic N) is 1. The van der Waals surface area contributed by atoms with Crippen LogP contribution >= 0.6 is 0 Å². The van der Waals surface area contributed by atoms with Crippen LogP contribution in [0.2, 0.25) is 0 Å². The molecule has 2 aliphatic rings. The van der Waals surface area contributed by atoms with E-state index in [0.717, 1.165) is 6.42 Å². The summed E-state index contributed by atoms with van der Waals surface area (Å²) in [5, 5.41) is 5.27. The zero-order valence-corrected chi connectivity index (χ0v) is 16.9. The first-order valence-corrected chi connectivity index (χ1v) is 9.48. The van der Waals surface area contributed by atoms with Crippen molar-refractivity contribution >= 4 is 23.7 Å². The fourth-order valence-corrected chi connectivity index (χ4v) is 3.46. The molecule has 0 saturated carbocycles. The van der Waals surface area contributed by atoms with Gasteiger partial charge in [0.1, 0.15) is 11.6 Å². The summed E-state index contributed by atoms with van der Waals surface area (Å²) in [5.41, 5.74) is -0.737. The molecule has 2 saturated heterocycles. The molecule has 2 fully saturated rings. The number of nitrogens with one attached hydrogen (secondary N) is 2. The molecule has 2 heterocycles. The highest BCUT2D eigenvalue weighted by Gasteiger charge is 2.42. The molecule has 2 aliphatic heterocycles. The second-order valence-corrected chi connectivity index (χ2v) is 9.25. The van der Waals surface area contributed by atoms with Crippen molar-refractivity contribution in [2.24, 2.45) is 11.3 Å². The molecule has 0 aromatic carbocycles. The Morgan fingerprint density at radius 1 is 1.30 bits per heavy atom. The highest BCUT2D eigenvalue weighted by atomic mass is 16.6. The zero-order chi connectivity index (χ0) is 20.4. The van der Waals surface area contributed by atoms with Gasteiger partial charge in [0.05, 0.1) is 0 Å². The molecule has 8 heteroatoms. The Balaban J connectivity index is 2.07. The van der Waals surface area contributed by atoms with E-state index in [1.54, 1.807) is 20.8 Å². The number of ketones is 1. The third-order valence-corrected chi connectivity index (χ3v) is 4.66. The Hall–Kier alpha value is -2.12. The van der Waals surface area contributed by atoms with Crippen LogP contribution in [0.25, 0.3) is 0 Å². The molecule has 0 unspecified atom stereocenters. The number of piperidine rings is 1. The smallest absolute Gasteiger partial charge is 0.408 e. The average molecular weight is 381 g/mol. The van der Waals surface area contributed by atoms with Gasteiger partial charge >= 0.3 is 6.09 Å². The van der Waals surface area contributed by atoms with Crippen molar-refractivity contribution in [2.75, 3.05) is 19.6 Å². The van der Waals surface area contributed by atoms with Gasteiger partial charge in [-0.05, 0) is 45.4 Å². The second kappa shape index (κ2) is 7.86. The molecule has 0 aromatic heterocycles. The van der Waals surface area contributed by atoms with E-state index in [-0.39, 0.29) is 17.7 Å². The fraction of sp³-hybridized carbons (Fsp3) is 0.789. The summed E-state index contributed by atoms with van der Waals surface area (Å²) in [7, 11) is 0. The van der Waals surface area contributed by atoms with Crippen molar-refractivity contribution in [3.05, 3.63) is 0 Å². The summed E-state index contributed by atoms with van der Waals surface area (Å²) in [5.74, 6) is -1.88. The Labute approximate surface area is 160 Å². The molecule has 0 aliphatic carbocycles. The van der Waals surface area contributed by atoms with Crippen molar-refractivity contribution in [2.45, 2.75) is 65.5 Å². The van der Waals surface area contributed by atoms with Crippen LogP contribution in [0.15, 0.2) is 0 Å². The van der Waals surface area contributed by atoms with Crippen LogP contribution in [0, 0.1) is 11.3 Å². The van der Waals surface area contributed by atoms with E-state index in [0.29, 0.717) is 26.1 Å². The topological polar surface area (TPSA) is 105 Å². The highest BCUT2D eigenvalue weighted by molar-refractivity contribution is 6.38. The molecule has 0 aromatic rings. The Bertz CT molecular complexity index is 615. The lowest BCUT2D eigenvalue weighted by Gasteiger charge is -2.45. The molecule has 2 atom stereocenters. The van der Waals surface area contributed by atoms with Crippen LogP contribution in [0.3, 0.4) is 0 Å². The number of likely N-dealkylation sites (tertiary alicyclic amines) is 1. The number of amides is 3. The van der Waals surface area contributed by atoms with Crippen molar-refractivity contribution in [3.63, 3.8) is 0 Å². The summed E-state index contributed by atoms with van der Waals surface area (Å²) in [4.78, 5) is 51.0. The standard InChI is InChI=1S/C19H31N3O5/c1-18(2,3)27-17(26)21-13(9-12-7-6-8-20-15(12)24)14(23)16(25)22-10-19(4,5)11-22/h12-13H,6-11H2,1-5H3,(H,20,24)(H,21,26)/t12-,13-/m0/s1. The molecule has 2 N–H and O–H groups in total. The van der Waals surface area contributed by atoms with Crippen LogP contribution in [-0.4, -0.2) is 59.9 Å².